The van der Waals surface area contributed by atoms with Crippen molar-refractivity contribution >= 4 is 38.8 Å². The Bertz CT molecular complexity index is 848. The van der Waals surface area contributed by atoms with Crippen LogP contribution in [0.2, 0.25) is 0 Å². The van der Waals surface area contributed by atoms with E-state index in [-0.39, 0.29) is 11.1 Å². The van der Waals surface area contributed by atoms with Crippen molar-refractivity contribution < 1.29 is 19.1 Å². The average molecular weight is 382 g/mol. The molecule has 1 aromatic heterocycles. The molecule has 0 unspecified atom stereocenters. The van der Waals surface area contributed by atoms with E-state index in [9.17, 15) is 14.4 Å². The van der Waals surface area contributed by atoms with Crippen LogP contribution in [-0.4, -0.2) is 29.3 Å². The van der Waals surface area contributed by atoms with Gasteiger partial charge in [0.2, 0.25) is 0 Å². The Labute approximate surface area is 141 Å². The summed E-state index contributed by atoms with van der Waals surface area (Å²) in [6.45, 7) is 5.02. The zero-order valence-corrected chi connectivity index (χ0v) is 14.8. The molecule has 0 spiro atoms. The third-order valence-corrected chi connectivity index (χ3v) is 3.45. The minimum atomic E-state index is -0.926. The molecule has 23 heavy (non-hydrogen) atoms. The molecule has 0 atom stereocenters. The Morgan fingerprint density at radius 1 is 1.17 bits per heavy atom. The highest BCUT2D eigenvalue weighted by Crippen LogP contribution is 2.19. The van der Waals surface area contributed by atoms with Crippen molar-refractivity contribution in [3.8, 4) is 0 Å². The summed E-state index contributed by atoms with van der Waals surface area (Å²) in [5.74, 6) is -0.794. The minimum absolute atomic E-state index is 0.179. The van der Waals surface area contributed by atoms with Gasteiger partial charge in [0.25, 0.3) is 5.56 Å². The Morgan fingerprint density at radius 3 is 2.39 bits per heavy atom. The molecular weight excluding hydrogens is 366 g/mol. The van der Waals surface area contributed by atoms with Gasteiger partial charge in [-0.1, -0.05) is 22.0 Å². The fourth-order valence-corrected chi connectivity index (χ4v) is 2.39. The number of halogens is 1. The topological polar surface area (TPSA) is 74.6 Å². The van der Waals surface area contributed by atoms with Crippen LogP contribution in [0.15, 0.2) is 33.5 Å². The monoisotopic (exact) mass is 381 g/mol. The maximum Gasteiger partial charge on any atom is 0.422 e. The fourth-order valence-electron chi connectivity index (χ4n) is 2.02. The van der Waals surface area contributed by atoms with E-state index in [0.717, 1.165) is 0 Å². The first-order valence-corrected chi connectivity index (χ1v) is 7.60. The Balaban J connectivity index is 2.78. The second-order valence-corrected chi connectivity index (χ2v) is 6.79. The summed E-state index contributed by atoms with van der Waals surface area (Å²) < 4.78 is 11.3. The third-order valence-electron chi connectivity index (χ3n) is 2.95. The van der Waals surface area contributed by atoms with Crippen LogP contribution < -0.4 is 5.56 Å². The second kappa shape index (κ2) is 6.16. The number of nitrogens with zero attached hydrogens (tertiary/aromatic N) is 1. The van der Waals surface area contributed by atoms with Gasteiger partial charge in [0.15, 0.2) is 0 Å². The number of carbonyl (C=O) groups is 2. The normalized spacial score (nSPS) is 11.3. The van der Waals surface area contributed by atoms with Crippen LogP contribution in [0, 0.1) is 0 Å². The number of carbonyl (C=O) groups excluding carboxylic acids is 2. The predicted molar refractivity (Wildman–Crippen MR) is 88.9 cm³/mol. The molecule has 0 aliphatic rings. The number of rotatable bonds is 1. The number of hydrogen-bond donors (Lipinski definition) is 0. The SMILES string of the molecule is COC(=O)c1cc2ccc(Br)cc2c(=O)n1C(=O)OC(C)(C)C. The lowest BCUT2D eigenvalue weighted by Crippen LogP contribution is -2.36. The van der Waals surface area contributed by atoms with Crippen molar-refractivity contribution in [1.29, 1.82) is 0 Å². The first-order valence-electron chi connectivity index (χ1n) is 6.81. The second-order valence-electron chi connectivity index (χ2n) is 5.87. The molecule has 2 aromatic rings. The van der Waals surface area contributed by atoms with Crippen LogP contribution >= 0.6 is 15.9 Å². The van der Waals surface area contributed by atoms with Gasteiger partial charge in [0.05, 0.1) is 7.11 Å². The molecule has 122 valence electrons. The highest BCUT2D eigenvalue weighted by atomic mass is 79.9. The third kappa shape index (κ3) is 3.61. The first-order chi connectivity index (χ1) is 10.6. The molecular formula is C16H16BrNO5. The number of methoxy groups -OCH3 is 1. The molecule has 1 heterocycles. The molecule has 6 nitrogen and oxygen atoms in total. The van der Waals surface area contributed by atoms with Gasteiger partial charge >= 0.3 is 12.1 Å². The Morgan fingerprint density at radius 2 is 1.83 bits per heavy atom. The lowest BCUT2D eigenvalue weighted by molar-refractivity contribution is 0.0476. The molecule has 0 fully saturated rings. The van der Waals surface area contributed by atoms with Crippen LogP contribution in [0.25, 0.3) is 10.8 Å². The summed E-state index contributed by atoms with van der Waals surface area (Å²) in [4.78, 5) is 37.0. The van der Waals surface area contributed by atoms with Gasteiger partial charge < -0.3 is 9.47 Å². The van der Waals surface area contributed by atoms with Crippen molar-refractivity contribution in [2.24, 2.45) is 0 Å². The van der Waals surface area contributed by atoms with Crippen LogP contribution in [0.1, 0.15) is 31.3 Å². The molecule has 1 aromatic carbocycles. The fraction of sp³-hybridized carbons (Fsp3) is 0.312. The summed E-state index contributed by atoms with van der Waals surface area (Å²) in [6.07, 6.45) is -0.926. The lowest BCUT2D eigenvalue weighted by atomic mass is 10.1. The molecule has 0 N–H and O–H groups in total. The van der Waals surface area contributed by atoms with E-state index in [1.165, 1.54) is 13.2 Å². The van der Waals surface area contributed by atoms with E-state index in [0.29, 0.717) is 14.4 Å². The number of aromatic nitrogens is 1. The van der Waals surface area contributed by atoms with E-state index in [1.54, 1.807) is 39.0 Å². The number of esters is 1. The Kier molecular flexibility index (Phi) is 4.61. The summed E-state index contributed by atoms with van der Waals surface area (Å²) in [7, 11) is 1.18. The predicted octanol–water partition coefficient (Wildman–Crippen LogP) is 3.33. The van der Waals surface area contributed by atoms with Gasteiger partial charge in [-0.25, -0.2) is 14.2 Å². The smallest absolute Gasteiger partial charge is 0.422 e. The molecule has 0 saturated heterocycles. The number of benzene rings is 1. The zero-order chi connectivity index (χ0) is 17.4. The average Bonchev–Trinajstić information content (AvgIpc) is 2.44. The maximum absolute atomic E-state index is 12.7. The molecule has 7 heteroatoms. The Hall–Kier alpha value is -2.15. The summed E-state index contributed by atoms with van der Waals surface area (Å²) in [5.41, 5.74) is -1.63. The molecule has 0 amide bonds. The summed E-state index contributed by atoms with van der Waals surface area (Å²) in [5, 5.41) is 0.816. The molecule has 0 radical (unpaired) electrons. The van der Waals surface area contributed by atoms with Crippen molar-refractivity contribution in [3.63, 3.8) is 0 Å². The van der Waals surface area contributed by atoms with Crippen molar-refractivity contribution in [1.82, 2.24) is 4.57 Å². The van der Waals surface area contributed by atoms with Gasteiger partial charge in [-0.3, -0.25) is 4.79 Å². The van der Waals surface area contributed by atoms with Gasteiger partial charge in [0, 0.05) is 9.86 Å². The van der Waals surface area contributed by atoms with E-state index in [2.05, 4.69) is 20.7 Å². The van der Waals surface area contributed by atoms with E-state index in [1.807, 2.05) is 0 Å². The largest absolute Gasteiger partial charge is 0.464 e. The molecule has 2 rings (SSSR count). The molecule has 0 aliphatic carbocycles. The van der Waals surface area contributed by atoms with Gasteiger partial charge in [-0.05, 0) is 44.4 Å². The van der Waals surface area contributed by atoms with E-state index < -0.39 is 23.2 Å². The summed E-state index contributed by atoms with van der Waals surface area (Å²) >= 11 is 3.28. The van der Waals surface area contributed by atoms with Crippen molar-refractivity contribution in [2.75, 3.05) is 7.11 Å². The van der Waals surface area contributed by atoms with Crippen LogP contribution in [0.3, 0.4) is 0 Å². The van der Waals surface area contributed by atoms with Crippen LogP contribution in [0.5, 0.6) is 0 Å². The van der Waals surface area contributed by atoms with Gasteiger partial charge in [-0.15, -0.1) is 0 Å². The number of ether oxygens (including phenoxy) is 2. The van der Waals surface area contributed by atoms with Crippen LogP contribution in [-0.2, 0) is 9.47 Å². The minimum Gasteiger partial charge on any atom is -0.464 e. The first kappa shape index (κ1) is 17.2. The maximum atomic E-state index is 12.7. The van der Waals surface area contributed by atoms with E-state index >= 15 is 0 Å². The standard InChI is InChI=1S/C16H16BrNO5/c1-16(2,3)23-15(21)18-12(14(20)22-4)7-9-5-6-10(17)8-11(9)13(18)19/h5-8H,1-4H3. The lowest BCUT2D eigenvalue weighted by Gasteiger charge is -2.21. The van der Waals surface area contributed by atoms with Crippen LogP contribution in [0.4, 0.5) is 4.79 Å². The quantitative estimate of drug-likeness (QED) is 0.708. The van der Waals surface area contributed by atoms with Crippen molar-refractivity contribution in [3.05, 3.63) is 44.8 Å². The number of fused-ring (bicyclic) bond motifs is 1. The zero-order valence-electron chi connectivity index (χ0n) is 13.2. The van der Waals surface area contributed by atoms with Gasteiger partial charge in [0.1, 0.15) is 11.3 Å². The highest BCUT2D eigenvalue weighted by Gasteiger charge is 2.25. The number of hydrogen-bond acceptors (Lipinski definition) is 5. The molecule has 0 aliphatic heterocycles. The van der Waals surface area contributed by atoms with Crippen molar-refractivity contribution in [2.45, 2.75) is 26.4 Å². The highest BCUT2D eigenvalue weighted by molar-refractivity contribution is 9.10. The molecule has 0 bridgehead atoms. The van der Waals surface area contributed by atoms with Gasteiger partial charge in [-0.2, -0.15) is 0 Å². The summed E-state index contributed by atoms with van der Waals surface area (Å²) in [6, 6.07) is 6.42. The molecule has 0 saturated carbocycles. The van der Waals surface area contributed by atoms with E-state index in [4.69, 9.17) is 4.74 Å². The number of pyridine rings is 1.